The minimum Gasteiger partial charge on any atom is -0.337 e. The Morgan fingerprint density at radius 1 is 1.14 bits per heavy atom. The lowest BCUT2D eigenvalue weighted by Crippen LogP contribution is -2.00. The summed E-state index contributed by atoms with van der Waals surface area (Å²) in [5.74, 6) is 1.83. The van der Waals surface area contributed by atoms with E-state index in [0.29, 0.717) is 27.6 Å². The summed E-state index contributed by atoms with van der Waals surface area (Å²) in [6.07, 6.45) is 2.23. The zero-order chi connectivity index (χ0) is 14.4. The summed E-state index contributed by atoms with van der Waals surface area (Å²) < 4.78 is 8.48. The van der Waals surface area contributed by atoms with Gasteiger partial charge in [-0.2, -0.15) is 8.75 Å². The van der Waals surface area contributed by atoms with Crippen LogP contribution in [0.5, 0.6) is 0 Å². The predicted octanol–water partition coefficient (Wildman–Crippen LogP) is 4.41. The lowest BCUT2D eigenvalue weighted by Gasteiger charge is -2.09. The average Bonchev–Trinajstić information content (AvgIpc) is 3.20. The Hall–Kier alpha value is -1.50. The topological polar surface area (TPSA) is 63.6 Å². The highest BCUT2D eigenvalue weighted by atomic mass is 35.5. The number of benzene rings is 1. The largest absolute Gasteiger partial charge is 0.337 e. The van der Waals surface area contributed by atoms with Crippen LogP contribution in [0.2, 0.25) is 10.2 Å². The van der Waals surface area contributed by atoms with Crippen LogP contribution in [0.4, 0.5) is 11.5 Å². The van der Waals surface area contributed by atoms with Crippen LogP contribution in [-0.4, -0.2) is 18.7 Å². The van der Waals surface area contributed by atoms with Gasteiger partial charge in [0.15, 0.2) is 0 Å². The molecule has 1 fully saturated rings. The molecule has 0 spiro atoms. The molecule has 1 aliphatic carbocycles. The van der Waals surface area contributed by atoms with Crippen molar-refractivity contribution in [2.24, 2.45) is 0 Å². The van der Waals surface area contributed by atoms with Crippen LogP contribution in [0.25, 0.3) is 11.0 Å². The summed E-state index contributed by atoms with van der Waals surface area (Å²) >= 11 is 13.5. The molecule has 4 rings (SSSR count). The Balaban J connectivity index is 1.77. The number of halogens is 2. The van der Waals surface area contributed by atoms with Gasteiger partial charge in [-0.1, -0.05) is 23.2 Å². The molecule has 5 nitrogen and oxygen atoms in total. The Kier molecular flexibility index (Phi) is 3.17. The van der Waals surface area contributed by atoms with Crippen LogP contribution in [-0.2, 0) is 0 Å². The molecule has 1 aromatic carbocycles. The minimum absolute atomic E-state index is 0.425. The first-order valence-electron chi connectivity index (χ1n) is 6.43. The second-order valence-corrected chi connectivity index (χ2v) is 6.21. The van der Waals surface area contributed by atoms with E-state index in [1.807, 2.05) is 6.07 Å². The van der Waals surface area contributed by atoms with Gasteiger partial charge in [-0.3, -0.25) is 0 Å². The van der Waals surface area contributed by atoms with Gasteiger partial charge < -0.3 is 5.32 Å². The number of hydrogen-bond acceptors (Lipinski definition) is 6. The minimum atomic E-state index is 0.425. The first-order valence-corrected chi connectivity index (χ1v) is 7.91. The van der Waals surface area contributed by atoms with Gasteiger partial charge in [0.25, 0.3) is 0 Å². The summed E-state index contributed by atoms with van der Waals surface area (Å²) in [5, 5.41) is 4.19. The number of hydrogen-bond donors (Lipinski definition) is 1. The van der Waals surface area contributed by atoms with Gasteiger partial charge in [0.1, 0.15) is 27.8 Å². The molecular formula is C13H9Cl2N5S. The van der Waals surface area contributed by atoms with E-state index in [9.17, 15) is 0 Å². The molecule has 0 saturated heterocycles. The van der Waals surface area contributed by atoms with Crippen LogP contribution >= 0.6 is 34.9 Å². The number of nitrogens with zero attached hydrogens (tertiary/aromatic N) is 4. The molecule has 1 saturated carbocycles. The van der Waals surface area contributed by atoms with Gasteiger partial charge in [0, 0.05) is 12.0 Å². The lowest BCUT2D eigenvalue weighted by atomic mass is 10.2. The fraction of sp³-hybridized carbons (Fsp3) is 0.231. The number of fused-ring (bicyclic) bond motifs is 1. The molecule has 3 aromatic rings. The molecule has 0 bridgehead atoms. The van der Waals surface area contributed by atoms with E-state index in [-0.39, 0.29) is 0 Å². The Bertz CT molecular complexity index is 831. The van der Waals surface area contributed by atoms with Gasteiger partial charge in [0.2, 0.25) is 0 Å². The maximum Gasteiger partial charge on any atom is 0.135 e. The summed E-state index contributed by atoms with van der Waals surface area (Å²) in [6, 6.07) is 5.32. The number of anilines is 2. The molecule has 0 aliphatic heterocycles. The van der Waals surface area contributed by atoms with E-state index in [1.54, 1.807) is 12.1 Å². The fourth-order valence-electron chi connectivity index (χ4n) is 2.10. The van der Waals surface area contributed by atoms with Crippen LogP contribution in [0.3, 0.4) is 0 Å². The van der Waals surface area contributed by atoms with Crippen LogP contribution < -0.4 is 5.32 Å². The summed E-state index contributed by atoms with van der Waals surface area (Å²) in [7, 11) is 0. The Labute approximate surface area is 134 Å². The third-order valence-electron chi connectivity index (χ3n) is 3.28. The third kappa shape index (κ3) is 2.54. The second-order valence-electron chi connectivity index (χ2n) is 4.89. The molecule has 2 aromatic heterocycles. The monoisotopic (exact) mass is 337 g/mol. The fourth-order valence-corrected chi connectivity index (χ4v) is 3.03. The average molecular weight is 338 g/mol. The van der Waals surface area contributed by atoms with Crippen molar-refractivity contribution >= 4 is 57.5 Å². The van der Waals surface area contributed by atoms with Gasteiger partial charge in [0.05, 0.1) is 22.4 Å². The SMILES string of the molecule is Clc1cc(Nc2c(Cl)ccc3nsnc23)nc(C2CC2)n1. The zero-order valence-corrected chi connectivity index (χ0v) is 13.0. The summed E-state index contributed by atoms with van der Waals surface area (Å²) in [6.45, 7) is 0. The number of nitrogens with one attached hydrogen (secondary N) is 1. The van der Waals surface area contributed by atoms with E-state index in [4.69, 9.17) is 23.2 Å². The first kappa shape index (κ1) is 13.2. The van der Waals surface area contributed by atoms with Crippen LogP contribution in [0, 0.1) is 0 Å². The Morgan fingerprint density at radius 2 is 2.00 bits per heavy atom. The van der Waals surface area contributed by atoms with E-state index >= 15 is 0 Å². The van der Waals surface area contributed by atoms with Gasteiger partial charge >= 0.3 is 0 Å². The lowest BCUT2D eigenvalue weighted by molar-refractivity contribution is 0.931. The summed E-state index contributed by atoms with van der Waals surface area (Å²) in [5.41, 5.74) is 2.23. The molecule has 1 aliphatic rings. The molecule has 0 amide bonds. The molecule has 1 N–H and O–H groups in total. The quantitative estimate of drug-likeness (QED) is 0.717. The predicted molar refractivity (Wildman–Crippen MR) is 84.7 cm³/mol. The molecule has 2 heterocycles. The normalized spacial score (nSPS) is 14.6. The highest BCUT2D eigenvalue weighted by Crippen LogP contribution is 2.39. The van der Waals surface area contributed by atoms with Crippen molar-refractivity contribution in [1.82, 2.24) is 18.7 Å². The summed E-state index contributed by atoms with van der Waals surface area (Å²) in [4.78, 5) is 8.78. The molecular weight excluding hydrogens is 329 g/mol. The Morgan fingerprint density at radius 3 is 2.81 bits per heavy atom. The van der Waals surface area contributed by atoms with E-state index in [2.05, 4.69) is 24.0 Å². The highest BCUT2D eigenvalue weighted by molar-refractivity contribution is 7.00. The standard InChI is InChI=1S/C13H9Cl2N5S/c14-7-3-4-8-12(20-21-19-8)11(7)17-10-5-9(15)16-13(18-10)6-1-2-6/h3-6H,1-2H2,(H,16,17,18). The van der Waals surface area contributed by atoms with Crippen LogP contribution in [0.15, 0.2) is 18.2 Å². The van der Waals surface area contributed by atoms with Crippen molar-refractivity contribution in [3.8, 4) is 0 Å². The van der Waals surface area contributed by atoms with Crippen LogP contribution in [0.1, 0.15) is 24.6 Å². The molecule has 0 atom stereocenters. The van der Waals surface area contributed by atoms with Gasteiger partial charge in [-0.05, 0) is 25.0 Å². The van der Waals surface area contributed by atoms with E-state index in [1.165, 1.54) is 0 Å². The van der Waals surface area contributed by atoms with Gasteiger partial charge in [-0.15, -0.1) is 0 Å². The van der Waals surface area contributed by atoms with Crippen molar-refractivity contribution < 1.29 is 0 Å². The van der Waals surface area contributed by atoms with Crippen molar-refractivity contribution in [2.75, 3.05) is 5.32 Å². The van der Waals surface area contributed by atoms with Crippen molar-refractivity contribution in [3.05, 3.63) is 34.2 Å². The molecule has 21 heavy (non-hydrogen) atoms. The maximum atomic E-state index is 6.26. The smallest absolute Gasteiger partial charge is 0.135 e. The first-order chi connectivity index (χ1) is 10.2. The van der Waals surface area contributed by atoms with E-state index < -0.39 is 0 Å². The van der Waals surface area contributed by atoms with Gasteiger partial charge in [-0.25, -0.2) is 9.97 Å². The highest BCUT2D eigenvalue weighted by Gasteiger charge is 2.27. The molecule has 106 valence electrons. The molecule has 8 heteroatoms. The molecule has 0 unspecified atom stereocenters. The molecule has 0 radical (unpaired) electrons. The third-order valence-corrected chi connectivity index (χ3v) is 4.34. The zero-order valence-electron chi connectivity index (χ0n) is 10.7. The number of rotatable bonds is 3. The maximum absolute atomic E-state index is 6.26. The van der Waals surface area contributed by atoms with Crippen molar-refractivity contribution in [2.45, 2.75) is 18.8 Å². The van der Waals surface area contributed by atoms with Crippen molar-refractivity contribution in [3.63, 3.8) is 0 Å². The van der Waals surface area contributed by atoms with Crippen molar-refractivity contribution in [1.29, 1.82) is 0 Å². The number of aromatic nitrogens is 4. The van der Waals surface area contributed by atoms with E-state index in [0.717, 1.165) is 41.4 Å². The second kappa shape index (κ2) is 5.05.